The molecule has 0 spiro atoms. The monoisotopic (exact) mass is 249 g/mol. The van der Waals surface area contributed by atoms with E-state index in [1.54, 1.807) is 0 Å². The average Bonchev–Trinajstić information content (AvgIpc) is 2.28. The largest absolute Gasteiger partial charge is 0.335 e. The lowest BCUT2D eigenvalue weighted by molar-refractivity contribution is -0.384. The molecule has 1 heterocycles. The fourth-order valence-corrected chi connectivity index (χ4v) is 1.53. The molecule has 0 unspecified atom stereocenters. The first kappa shape index (κ1) is 11.7. The molecule has 1 aromatic rings. The predicted molar refractivity (Wildman–Crippen MR) is 58.7 cm³/mol. The molecule has 92 valence electrons. The van der Waals surface area contributed by atoms with E-state index in [1.807, 2.05) is 5.32 Å². The van der Waals surface area contributed by atoms with Crippen LogP contribution in [-0.4, -0.2) is 22.8 Å². The molecule has 1 aliphatic heterocycles. The number of nitro benzene ring substituents is 1. The molecule has 18 heavy (non-hydrogen) atoms. The van der Waals surface area contributed by atoms with Gasteiger partial charge in [-0.25, -0.2) is 9.69 Å². The van der Waals surface area contributed by atoms with Crippen molar-refractivity contribution in [1.29, 1.82) is 0 Å². The van der Waals surface area contributed by atoms with Crippen molar-refractivity contribution in [3.05, 3.63) is 34.4 Å². The minimum absolute atomic E-state index is 0.153. The molecule has 0 radical (unpaired) electrons. The second-order valence-corrected chi connectivity index (χ2v) is 3.53. The number of amides is 4. The van der Waals surface area contributed by atoms with Gasteiger partial charge in [-0.05, 0) is 12.1 Å². The molecule has 0 aliphatic carbocycles. The molecule has 1 N–H and O–H groups in total. The van der Waals surface area contributed by atoms with Crippen molar-refractivity contribution in [3.63, 3.8) is 0 Å². The lowest BCUT2D eigenvalue weighted by Crippen LogP contribution is -2.52. The molecule has 0 bridgehead atoms. The molecule has 8 nitrogen and oxygen atoms in total. The van der Waals surface area contributed by atoms with Crippen molar-refractivity contribution in [2.75, 3.05) is 4.90 Å². The number of carbonyl (C=O) groups excluding carboxylic acids is 3. The standard InChI is InChI=1S/C10H7N3O5/c14-8-5-9(15)12(10(16)11-8)6-1-3-7(4-2-6)13(17)18/h1-4H,5H2,(H,11,14,16). The second kappa shape index (κ2) is 4.24. The molecular formula is C10H7N3O5. The lowest BCUT2D eigenvalue weighted by atomic mass is 10.2. The van der Waals surface area contributed by atoms with Crippen LogP contribution in [0.25, 0.3) is 0 Å². The number of nitrogens with one attached hydrogen (secondary N) is 1. The van der Waals surface area contributed by atoms with Gasteiger partial charge < -0.3 is 0 Å². The first-order valence-electron chi connectivity index (χ1n) is 4.90. The highest BCUT2D eigenvalue weighted by molar-refractivity contribution is 6.26. The maximum atomic E-state index is 11.5. The quantitative estimate of drug-likeness (QED) is 0.468. The van der Waals surface area contributed by atoms with Crippen LogP contribution >= 0.6 is 0 Å². The zero-order valence-corrected chi connectivity index (χ0v) is 8.95. The van der Waals surface area contributed by atoms with Gasteiger partial charge in [0.1, 0.15) is 6.42 Å². The summed E-state index contributed by atoms with van der Waals surface area (Å²) in [6.45, 7) is 0. The summed E-state index contributed by atoms with van der Waals surface area (Å²) >= 11 is 0. The summed E-state index contributed by atoms with van der Waals surface area (Å²) in [5.74, 6) is -1.33. The third-order valence-electron chi connectivity index (χ3n) is 2.33. The van der Waals surface area contributed by atoms with E-state index in [9.17, 15) is 24.5 Å². The van der Waals surface area contributed by atoms with E-state index < -0.39 is 29.2 Å². The number of nitrogens with zero attached hydrogens (tertiary/aromatic N) is 2. The fourth-order valence-electron chi connectivity index (χ4n) is 1.53. The van der Waals surface area contributed by atoms with Gasteiger partial charge in [-0.15, -0.1) is 0 Å². The van der Waals surface area contributed by atoms with E-state index >= 15 is 0 Å². The molecule has 8 heteroatoms. The van der Waals surface area contributed by atoms with Crippen LogP contribution in [0.5, 0.6) is 0 Å². The highest BCUT2D eigenvalue weighted by Gasteiger charge is 2.32. The van der Waals surface area contributed by atoms with Crippen molar-refractivity contribution in [2.45, 2.75) is 6.42 Å². The Morgan fingerprint density at radius 3 is 2.28 bits per heavy atom. The summed E-state index contributed by atoms with van der Waals surface area (Å²) in [6.07, 6.45) is -0.428. The van der Waals surface area contributed by atoms with Crippen molar-refractivity contribution in [3.8, 4) is 0 Å². The molecule has 1 aliphatic rings. The Kier molecular flexibility index (Phi) is 2.76. The zero-order valence-electron chi connectivity index (χ0n) is 8.95. The van der Waals surface area contributed by atoms with E-state index in [2.05, 4.69) is 0 Å². The average molecular weight is 249 g/mol. The van der Waals surface area contributed by atoms with Crippen molar-refractivity contribution < 1.29 is 19.3 Å². The summed E-state index contributed by atoms with van der Waals surface area (Å²) in [5.41, 5.74) is 0.0234. The fraction of sp³-hybridized carbons (Fsp3) is 0.100. The van der Waals surface area contributed by atoms with Crippen molar-refractivity contribution in [2.24, 2.45) is 0 Å². The number of rotatable bonds is 2. The Morgan fingerprint density at radius 2 is 1.78 bits per heavy atom. The smallest absolute Gasteiger partial charge is 0.277 e. The predicted octanol–water partition coefficient (Wildman–Crippen LogP) is 0.568. The van der Waals surface area contributed by atoms with Gasteiger partial charge in [0, 0.05) is 12.1 Å². The molecule has 1 aromatic carbocycles. The number of carbonyl (C=O) groups is 3. The van der Waals surface area contributed by atoms with Gasteiger partial charge >= 0.3 is 6.03 Å². The number of anilines is 1. The van der Waals surface area contributed by atoms with Crippen LogP contribution in [0.3, 0.4) is 0 Å². The van der Waals surface area contributed by atoms with Gasteiger partial charge in [0.15, 0.2) is 0 Å². The van der Waals surface area contributed by atoms with Crippen molar-refractivity contribution >= 4 is 29.2 Å². The van der Waals surface area contributed by atoms with Crippen LogP contribution in [0.4, 0.5) is 16.2 Å². The second-order valence-electron chi connectivity index (χ2n) is 3.53. The number of barbiturate groups is 1. The number of urea groups is 1. The minimum atomic E-state index is -0.856. The molecule has 0 saturated carbocycles. The number of hydrogen-bond donors (Lipinski definition) is 1. The Hall–Kier alpha value is -2.77. The number of imide groups is 2. The SMILES string of the molecule is O=C1CC(=O)N(c2ccc([N+](=O)[O-])cc2)C(=O)N1. The highest BCUT2D eigenvalue weighted by atomic mass is 16.6. The van der Waals surface area contributed by atoms with Crippen LogP contribution in [-0.2, 0) is 9.59 Å². The summed E-state index contributed by atoms with van der Waals surface area (Å²) in [5, 5.41) is 12.5. The summed E-state index contributed by atoms with van der Waals surface area (Å²) in [4.78, 5) is 44.6. The van der Waals surface area contributed by atoms with Crippen molar-refractivity contribution in [1.82, 2.24) is 5.32 Å². The Bertz CT molecular complexity index is 531. The molecule has 4 amide bonds. The van der Waals surface area contributed by atoms with E-state index in [4.69, 9.17) is 0 Å². The third-order valence-corrected chi connectivity index (χ3v) is 2.33. The van der Waals surface area contributed by atoms with Crippen LogP contribution in [0.1, 0.15) is 6.42 Å². The summed E-state index contributed by atoms with van der Waals surface area (Å²) in [6, 6.07) is 4.03. The Morgan fingerprint density at radius 1 is 1.17 bits per heavy atom. The molecular weight excluding hydrogens is 242 g/mol. The molecule has 2 rings (SSSR count). The molecule has 1 saturated heterocycles. The van der Waals surface area contributed by atoms with Gasteiger partial charge in [-0.2, -0.15) is 0 Å². The summed E-state index contributed by atoms with van der Waals surface area (Å²) in [7, 11) is 0. The Balaban J connectivity index is 2.30. The number of non-ortho nitro benzene ring substituents is 1. The van der Waals surface area contributed by atoms with Gasteiger partial charge in [-0.3, -0.25) is 25.0 Å². The van der Waals surface area contributed by atoms with Crippen LogP contribution < -0.4 is 10.2 Å². The molecule has 0 aromatic heterocycles. The van der Waals surface area contributed by atoms with Crippen LogP contribution in [0, 0.1) is 10.1 Å². The van der Waals surface area contributed by atoms with Gasteiger partial charge in [0.2, 0.25) is 11.8 Å². The maximum absolute atomic E-state index is 11.5. The normalized spacial score (nSPS) is 15.6. The number of hydrogen-bond acceptors (Lipinski definition) is 5. The zero-order chi connectivity index (χ0) is 13.3. The first-order chi connectivity index (χ1) is 8.49. The minimum Gasteiger partial charge on any atom is -0.277 e. The van der Waals surface area contributed by atoms with E-state index in [0.717, 1.165) is 4.90 Å². The third kappa shape index (κ3) is 2.03. The summed E-state index contributed by atoms with van der Waals surface area (Å²) < 4.78 is 0. The highest BCUT2D eigenvalue weighted by Crippen LogP contribution is 2.21. The topological polar surface area (TPSA) is 110 Å². The van der Waals surface area contributed by atoms with Gasteiger partial charge in [0.05, 0.1) is 10.6 Å². The van der Waals surface area contributed by atoms with Crippen LogP contribution in [0.2, 0.25) is 0 Å². The van der Waals surface area contributed by atoms with Gasteiger partial charge in [-0.1, -0.05) is 0 Å². The van der Waals surface area contributed by atoms with E-state index in [-0.39, 0.29) is 11.4 Å². The van der Waals surface area contributed by atoms with E-state index in [0.29, 0.717) is 0 Å². The lowest BCUT2D eigenvalue weighted by Gasteiger charge is -2.24. The number of benzene rings is 1. The van der Waals surface area contributed by atoms with Gasteiger partial charge in [0.25, 0.3) is 5.69 Å². The first-order valence-corrected chi connectivity index (χ1v) is 4.90. The van der Waals surface area contributed by atoms with Crippen LogP contribution in [0.15, 0.2) is 24.3 Å². The molecule has 0 atom stereocenters. The number of nitro groups is 1. The molecule has 1 fully saturated rings. The Labute approximate surface area is 100 Å². The maximum Gasteiger partial charge on any atom is 0.335 e. The van der Waals surface area contributed by atoms with E-state index in [1.165, 1.54) is 24.3 Å².